The van der Waals surface area contributed by atoms with Gasteiger partial charge in [0.2, 0.25) is 0 Å². The first-order valence-corrected chi connectivity index (χ1v) is 5.64. The molecule has 2 rings (SSSR count). The van der Waals surface area contributed by atoms with E-state index >= 15 is 0 Å². The second-order valence-electron chi connectivity index (χ2n) is 4.00. The molecule has 1 heterocycles. The quantitative estimate of drug-likeness (QED) is 0.787. The number of aryl methyl sites for hydroxylation is 1. The summed E-state index contributed by atoms with van der Waals surface area (Å²) in [4.78, 5) is 11.4. The molecule has 86 valence electrons. The molecule has 0 N–H and O–H groups in total. The molecule has 0 saturated heterocycles. The maximum absolute atomic E-state index is 11.4. The van der Waals surface area contributed by atoms with Gasteiger partial charge >= 0.3 is 0 Å². The Hall–Kier alpha value is -2.09. The zero-order valence-corrected chi connectivity index (χ0v) is 9.84. The minimum Gasteiger partial charge on any atom is -0.312 e. The molecule has 0 atom stereocenters. The fourth-order valence-electron chi connectivity index (χ4n) is 1.59. The van der Waals surface area contributed by atoms with Crippen molar-refractivity contribution in [2.24, 2.45) is 0 Å². The molecule has 0 saturated carbocycles. The van der Waals surface area contributed by atoms with Crippen LogP contribution in [0.4, 0.5) is 0 Å². The average Bonchev–Trinajstić information content (AvgIpc) is 2.34. The molecule has 0 spiro atoms. The Labute approximate surface area is 101 Å². The van der Waals surface area contributed by atoms with Gasteiger partial charge in [0.05, 0.1) is 0 Å². The summed E-state index contributed by atoms with van der Waals surface area (Å²) in [5.41, 5.74) is 2.43. The molecule has 1 aromatic carbocycles. The van der Waals surface area contributed by atoms with Gasteiger partial charge in [-0.1, -0.05) is 48.0 Å². The van der Waals surface area contributed by atoms with Gasteiger partial charge in [0.25, 0.3) is 5.56 Å². The standard InChI is InChI=1S/C15H15NO/c1-13-7-9-14(10-8-13)5-4-12-16-11-3-2-6-15(16)17/h2-11H,12H2,1H3/b5-4+. The highest BCUT2D eigenvalue weighted by molar-refractivity contribution is 5.49. The molecule has 17 heavy (non-hydrogen) atoms. The molecular weight excluding hydrogens is 210 g/mol. The third kappa shape index (κ3) is 3.18. The molecule has 0 unspecified atom stereocenters. The van der Waals surface area contributed by atoms with Crippen molar-refractivity contribution in [2.75, 3.05) is 0 Å². The molecule has 1 aromatic heterocycles. The van der Waals surface area contributed by atoms with Crippen LogP contribution in [0.15, 0.2) is 59.5 Å². The van der Waals surface area contributed by atoms with E-state index in [1.807, 2.05) is 18.2 Å². The largest absolute Gasteiger partial charge is 0.312 e. The lowest BCUT2D eigenvalue weighted by Gasteiger charge is -1.99. The molecular formula is C15H15NO. The van der Waals surface area contributed by atoms with Crippen LogP contribution in [-0.2, 0) is 6.54 Å². The van der Waals surface area contributed by atoms with Gasteiger partial charge in [0.1, 0.15) is 0 Å². The molecule has 2 nitrogen and oxygen atoms in total. The van der Waals surface area contributed by atoms with Crippen molar-refractivity contribution in [3.8, 4) is 0 Å². The summed E-state index contributed by atoms with van der Waals surface area (Å²) in [5, 5.41) is 0. The summed E-state index contributed by atoms with van der Waals surface area (Å²) in [6.07, 6.45) is 5.81. The molecule has 2 heteroatoms. The fourth-order valence-corrected chi connectivity index (χ4v) is 1.59. The molecule has 0 fully saturated rings. The molecule has 0 aliphatic rings. The van der Waals surface area contributed by atoms with Crippen molar-refractivity contribution < 1.29 is 0 Å². The van der Waals surface area contributed by atoms with Crippen molar-refractivity contribution in [1.82, 2.24) is 4.57 Å². The van der Waals surface area contributed by atoms with Gasteiger partial charge in [-0.3, -0.25) is 4.79 Å². The second-order valence-corrected chi connectivity index (χ2v) is 4.00. The van der Waals surface area contributed by atoms with E-state index < -0.39 is 0 Å². The van der Waals surface area contributed by atoms with Crippen LogP contribution in [0, 0.1) is 6.92 Å². The first-order valence-electron chi connectivity index (χ1n) is 5.64. The van der Waals surface area contributed by atoms with Crippen LogP contribution in [0.1, 0.15) is 11.1 Å². The molecule has 0 aliphatic carbocycles. The second kappa shape index (κ2) is 5.30. The monoisotopic (exact) mass is 225 g/mol. The highest BCUT2D eigenvalue weighted by atomic mass is 16.1. The Morgan fingerprint density at radius 2 is 1.88 bits per heavy atom. The third-order valence-corrected chi connectivity index (χ3v) is 2.59. The first-order chi connectivity index (χ1) is 8.25. The number of pyridine rings is 1. The van der Waals surface area contributed by atoms with Gasteiger partial charge < -0.3 is 4.57 Å². The van der Waals surface area contributed by atoms with Crippen molar-refractivity contribution in [3.63, 3.8) is 0 Å². The normalized spacial score (nSPS) is 10.9. The zero-order valence-electron chi connectivity index (χ0n) is 9.84. The third-order valence-electron chi connectivity index (χ3n) is 2.59. The highest BCUT2D eigenvalue weighted by Crippen LogP contribution is 2.04. The Morgan fingerprint density at radius 3 is 2.59 bits per heavy atom. The maximum atomic E-state index is 11.4. The van der Waals surface area contributed by atoms with Crippen LogP contribution in [0.3, 0.4) is 0 Å². The number of nitrogens with zero attached hydrogens (tertiary/aromatic N) is 1. The van der Waals surface area contributed by atoms with E-state index in [1.54, 1.807) is 22.9 Å². The van der Waals surface area contributed by atoms with Crippen LogP contribution >= 0.6 is 0 Å². The van der Waals surface area contributed by atoms with Gasteiger partial charge in [-0.05, 0) is 18.6 Å². The summed E-state index contributed by atoms with van der Waals surface area (Å²) >= 11 is 0. The summed E-state index contributed by atoms with van der Waals surface area (Å²) in [7, 11) is 0. The lowest BCUT2D eigenvalue weighted by Crippen LogP contribution is -2.16. The smallest absolute Gasteiger partial charge is 0.250 e. The molecule has 0 radical (unpaired) electrons. The van der Waals surface area contributed by atoms with E-state index in [9.17, 15) is 4.79 Å². The van der Waals surface area contributed by atoms with E-state index in [0.717, 1.165) is 5.56 Å². The predicted octanol–water partition coefficient (Wildman–Crippen LogP) is 2.87. The van der Waals surface area contributed by atoms with Gasteiger partial charge in [0.15, 0.2) is 0 Å². The van der Waals surface area contributed by atoms with Gasteiger partial charge in [-0.15, -0.1) is 0 Å². The summed E-state index contributed by atoms with van der Waals surface area (Å²) in [5.74, 6) is 0. The van der Waals surface area contributed by atoms with Gasteiger partial charge in [-0.2, -0.15) is 0 Å². The molecule has 0 amide bonds. The van der Waals surface area contributed by atoms with Gasteiger partial charge in [-0.25, -0.2) is 0 Å². The summed E-state index contributed by atoms with van der Waals surface area (Å²) in [6.45, 7) is 2.67. The fraction of sp³-hybridized carbons (Fsp3) is 0.133. The van der Waals surface area contributed by atoms with Crippen LogP contribution in [0.5, 0.6) is 0 Å². The van der Waals surface area contributed by atoms with Crippen LogP contribution < -0.4 is 5.56 Å². The highest BCUT2D eigenvalue weighted by Gasteiger charge is 1.90. The zero-order chi connectivity index (χ0) is 12.1. The Balaban J connectivity index is 2.05. The first kappa shape index (κ1) is 11.4. The number of rotatable bonds is 3. The number of aromatic nitrogens is 1. The maximum Gasteiger partial charge on any atom is 0.250 e. The topological polar surface area (TPSA) is 22.0 Å². The van der Waals surface area contributed by atoms with E-state index in [4.69, 9.17) is 0 Å². The van der Waals surface area contributed by atoms with E-state index in [0.29, 0.717) is 6.54 Å². The van der Waals surface area contributed by atoms with Crippen LogP contribution in [-0.4, -0.2) is 4.57 Å². The predicted molar refractivity (Wildman–Crippen MR) is 70.9 cm³/mol. The minimum atomic E-state index is 0.0288. The van der Waals surface area contributed by atoms with Crippen molar-refractivity contribution >= 4 is 6.08 Å². The SMILES string of the molecule is Cc1ccc(/C=C/Cn2ccccc2=O)cc1. The Bertz CT molecular complexity index is 564. The lowest BCUT2D eigenvalue weighted by atomic mass is 10.1. The van der Waals surface area contributed by atoms with Gasteiger partial charge in [0, 0.05) is 18.8 Å². The van der Waals surface area contributed by atoms with E-state index in [2.05, 4.69) is 31.2 Å². The summed E-state index contributed by atoms with van der Waals surface area (Å²) in [6, 6.07) is 13.5. The van der Waals surface area contributed by atoms with Crippen LogP contribution in [0.2, 0.25) is 0 Å². The minimum absolute atomic E-state index is 0.0288. The molecule has 0 aliphatic heterocycles. The Kier molecular flexibility index (Phi) is 3.55. The number of allylic oxidation sites excluding steroid dienone is 1. The Morgan fingerprint density at radius 1 is 1.12 bits per heavy atom. The molecule has 2 aromatic rings. The van der Waals surface area contributed by atoms with Crippen molar-refractivity contribution in [2.45, 2.75) is 13.5 Å². The number of hydrogen-bond acceptors (Lipinski definition) is 1. The number of hydrogen-bond donors (Lipinski definition) is 0. The lowest BCUT2D eigenvalue weighted by molar-refractivity contribution is 0.781. The van der Waals surface area contributed by atoms with Crippen molar-refractivity contribution in [1.29, 1.82) is 0 Å². The molecule has 0 bridgehead atoms. The number of benzene rings is 1. The summed E-state index contributed by atoms with van der Waals surface area (Å²) < 4.78 is 1.67. The van der Waals surface area contributed by atoms with Crippen LogP contribution in [0.25, 0.3) is 6.08 Å². The average molecular weight is 225 g/mol. The van der Waals surface area contributed by atoms with Crippen molar-refractivity contribution in [3.05, 3.63) is 76.2 Å². The van der Waals surface area contributed by atoms with E-state index in [-0.39, 0.29) is 5.56 Å². The van der Waals surface area contributed by atoms with E-state index in [1.165, 1.54) is 5.56 Å².